The van der Waals surface area contributed by atoms with Crippen LogP contribution in [0.5, 0.6) is 0 Å². The van der Waals surface area contributed by atoms with E-state index in [1.807, 2.05) is 35.4 Å². The van der Waals surface area contributed by atoms with Crippen molar-refractivity contribution in [3.8, 4) is 0 Å². The maximum absolute atomic E-state index is 12.8. The van der Waals surface area contributed by atoms with Gasteiger partial charge in [0.15, 0.2) is 0 Å². The topological polar surface area (TPSA) is 55.3 Å². The number of nitrogens with zero attached hydrogens (tertiary/aromatic N) is 3. The summed E-state index contributed by atoms with van der Waals surface area (Å²) in [7, 11) is 0. The second-order valence-corrected chi connectivity index (χ2v) is 7.44. The van der Waals surface area contributed by atoms with Crippen LogP contribution < -0.4 is 0 Å². The summed E-state index contributed by atoms with van der Waals surface area (Å²) in [6, 6.07) is 9.84. The summed E-state index contributed by atoms with van der Waals surface area (Å²) in [6.07, 6.45) is 8.32. The van der Waals surface area contributed by atoms with E-state index in [0.717, 1.165) is 30.3 Å². The van der Waals surface area contributed by atoms with E-state index < -0.39 is 0 Å². The van der Waals surface area contributed by atoms with Gasteiger partial charge in [0, 0.05) is 55.8 Å². The summed E-state index contributed by atoms with van der Waals surface area (Å²) < 4.78 is 5.96. The monoisotopic (exact) mass is 351 g/mol. The lowest BCUT2D eigenvalue weighted by molar-refractivity contribution is -0.129. The first-order valence-electron chi connectivity index (χ1n) is 9.45. The highest BCUT2D eigenvalue weighted by atomic mass is 16.5. The first kappa shape index (κ1) is 17.2. The molecule has 136 valence electrons. The number of hydrogen-bond acceptors (Lipinski definition) is 4. The summed E-state index contributed by atoms with van der Waals surface area (Å²) >= 11 is 0. The lowest BCUT2D eigenvalue weighted by Gasteiger charge is -2.17. The molecule has 4 rings (SSSR count). The Bertz CT molecular complexity index is 719. The second-order valence-electron chi connectivity index (χ2n) is 7.44. The molecule has 5 heteroatoms. The average molecular weight is 351 g/mol. The Kier molecular flexibility index (Phi) is 5.25. The smallest absolute Gasteiger partial charge is 0.227 e. The Hall–Kier alpha value is -2.27. The Labute approximate surface area is 154 Å². The molecule has 0 radical (unpaired) electrons. The number of amides is 1. The first-order valence-corrected chi connectivity index (χ1v) is 9.45. The highest BCUT2D eigenvalue weighted by Gasteiger charge is 2.37. The summed E-state index contributed by atoms with van der Waals surface area (Å²) in [5.74, 6) is 1.46. The van der Waals surface area contributed by atoms with Gasteiger partial charge in [-0.15, -0.1) is 0 Å². The van der Waals surface area contributed by atoms with Crippen LogP contribution in [0.4, 0.5) is 0 Å². The third kappa shape index (κ3) is 4.28. The van der Waals surface area contributed by atoms with Crippen molar-refractivity contribution in [3.05, 3.63) is 60.2 Å². The number of carbonyl (C=O) groups excluding carboxylic acids is 1. The van der Waals surface area contributed by atoms with Gasteiger partial charge in [-0.2, -0.15) is 0 Å². The minimum atomic E-state index is 0.156. The molecular weight excluding hydrogens is 326 g/mol. The minimum absolute atomic E-state index is 0.156. The van der Waals surface area contributed by atoms with Crippen molar-refractivity contribution in [2.75, 3.05) is 26.3 Å². The lowest BCUT2D eigenvalue weighted by Crippen LogP contribution is -2.30. The standard InChI is InChI=1S/C21H25N3O2/c25-21(10-17-4-3-8-22-11-17)24-12-18(15-26-14-16-6-7-16)19(13-24)20-5-1-2-9-23-20/h1-5,8-9,11,16,18-19H,6-7,10,12-15H2/t18-,19+/m0/s1. The molecule has 1 saturated carbocycles. The summed E-state index contributed by atoms with van der Waals surface area (Å²) in [5.41, 5.74) is 2.02. The van der Waals surface area contributed by atoms with Crippen LogP contribution >= 0.6 is 0 Å². The van der Waals surface area contributed by atoms with Crippen LogP contribution in [0.2, 0.25) is 0 Å². The highest BCUT2D eigenvalue weighted by Crippen LogP contribution is 2.33. The Morgan fingerprint density at radius 3 is 2.77 bits per heavy atom. The zero-order valence-corrected chi connectivity index (χ0v) is 15.0. The normalized spacial score (nSPS) is 22.5. The van der Waals surface area contributed by atoms with E-state index in [1.54, 1.807) is 12.4 Å². The molecular formula is C21H25N3O2. The van der Waals surface area contributed by atoms with E-state index in [2.05, 4.69) is 16.0 Å². The first-order chi connectivity index (χ1) is 12.8. The zero-order valence-electron chi connectivity index (χ0n) is 15.0. The number of aromatic nitrogens is 2. The van der Waals surface area contributed by atoms with E-state index in [0.29, 0.717) is 25.5 Å². The van der Waals surface area contributed by atoms with Crippen molar-refractivity contribution in [1.29, 1.82) is 0 Å². The van der Waals surface area contributed by atoms with E-state index in [4.69, 9.17) is 4.74 Å². The molecule has 1 amide bonds. The predicted octanol–water partition coefficient (Wildman–Crippen LogP) is 2.69. The maximum atomic E-state index is 12.8. The van der Waals surface area contributed by atoms with Crippen molar-refractivity contribution in [2.24, 2.45) is 11.8 Å². The van der Waals surface area contributed by atoms with Crippen LogP contribution in [0.15, 0.2) is 48.9 Å². The van der Waals surface area contributed by atoms with E-state index in [-0.39, 0.29) is 11.8 Å². The second kappa shape index (κ2) is 7.96. The fourth-order valence-electron chi connectivity index (χ4n) is 3.63. The number of hydrogen-bond donors (Lipinski definition) is 0. The molecule has 1 aliphatic heterocycles. The molecule has 0 spiro atoms. The van der Waals surface area contributed by atoms with Gasteiger partial charge in [-0.05, 0) is 42.5 Å². The molecule has 1 aliphatic carbocycles. The molecule has 2 aromatic heterocycles. The molecule has 1 saturated heterocycles. The molecule has 0 N–H and O–H groups in total. The number of carbonyl (C=O) groups is 1. The summed E-state index contributed by atoms with van der Waals surface area (Å²) in [6.45, 7) is 3.02. The third-order valence-corrected chi connectivity index (χ3v) is 5.32. The molecule has 0 unspecified atom stereocenters. The number of ether oxygens (including phenoxy) is 1. The van der Waals surface area contributed by atoms with Gasteiger partial charge in [-0.1, -0.05) is 12.1 Å². The van der Waals surface area contributed by atoms with Crippen LogP contribution in [0.3, 0.4) is 0 Å². The SMILES string of the molecule is O=C(Cc1cccnc1)N1C[C@@H](COCC2CC2)[C@H](c2ccccn2)C1. The van der Waals surface area contributed by atoms with Gasteiger partial charge in [0.25, 0.3) is 0 Å². The summed E-state index contributed by atoms with van der Waals surface area (Å²) in [4.78, 5) is 23.4. The number of pyridine rings is 2. The lowest BCUT2D eigenvalue weighted by atomic mass is 9.93. The quantitative estimate of drug-likeness (QED) is 0.770. The van der Waals surface area contributed by atoms with Gasteiger partial charge >= 0.3 is 0 Å². The van der Waals surface area contributed by atoms with Gasteiger partial charge in [0.2, 0.25) is 5.91 Å². The molecule has 5 nitrogen and oxygen atoms in total. The minimum Gasteiger partial charge on any atom is -0.381 e. The number of rotatable bonds is 7. The number of likely N-dealkylation sites (tertiary alicyclic amines) is 1. The average Bonchev–Trinajstić information content (AvgIpc) is 3.40. The molecule has 26 heavy (non-hydrogen) atoms. The molecule has 2 aliphatic rings. The van der Waals surface area contributed by atoms with E-state index in [9.17, 15) is 4.79 Å². The van der Waals surface area contributed by atoms with Crippen LogP contribution in [-0.2, 0) is 16.0 Å². The van der Waals surface area contributed by atoms with Gasteiger partial charge in [-0.25, -0.2) is 0 Å². The molecule has 2 fully saturated rings. The van der Waals surface area contributed by atoms with Crippen molar-refractivity contribution in [2.45, 2.75) is 25.2 Å². The van der Waals surface area contributed by atoms with Crippen LogP contribution in [0, 0.1) is 11.8 Å². The third-order valence-electron chi connectivity index (χ3n) is 5.32. The van der Waals surface area contributed by atoms with E-state index >= 15 is 0 Å². The molecule has 2 atom stereocenters. The largest absolute Gasteiger partial charge is 0.381 e. The Balaban J connectivity index is 1.42. The zero-order chi connectivity index (χ0) is 17.8. The van der Waals surface area contributed by atoms with E-state index in [1.165, 1.54) is 12.8 Å². The van der Waals surface area contributed by atoms with Crippen LogP contribution in [-0.4, -0.2) is 47.1 Å². The fourth-order valence-corrected chi connectivity index (χ4v) is 3.63. The predicted molar refractivity (Wildman–Crippen MR) is 98.5 cm³/mol. The fraction of sp³-hybridized carbons (Fsp3) is 0.476. The summed E-state index contributed by atoms with van der Waals surface area (Å²) in [5, 5.41) is 0. The van der Waals surface area contributed by atoms with Crippen molar-refractivity contribution < 1.29 is 9.53 Å². The van der Waals surface area contributed by atoms with Crippen LogP contribution in [0.1, 0.15) is 30.0 Å². The molecule has 3 heterocycles. The van der Waals surface area contributed by atoms with Crippen molar-refractivity contribution in [1.82, 2.24) is 14.9 Å². The molecule has 0 aromatic carbocycles. The highest BCUT2D eigenvalue weighted by molar-refractivity contribution is 5.79. The molecule has 2 aromatic rings. The molecule has 0 bridgehead atoms. The maximum Gasteiger partial charge on any atom is 0.227 e. The Morgan fingerprint density at radius 1 is 1.12 bits per heavy atom. The van der Waals surface area contributed by atoms with Crippen LogP contribution in [0.25, 0.3) is 0 Å². The van der Waals surface area contributed by atoms with Crippen molar-refractivity contribution >= 4 is 5.91 Å². The van der Waals surface area contributed by atoms with Gasteiger partial charge in [0.1, 0.15) is 0 Å². The van der Waals surface area contributed by atoms with Crippen molar-refractivity contribution in [3.63, 3.8) is 0 Å². The van der Waals surface area contributed by atoms with Gasteiger partial charge < -0.3 is 9.64 Å². The van der Waals surface area contributed by atoms with Gasteiger partial charge in [0.05, 0.1) is 13.0 Å². The van der Waals surface area contributed by atoms with Gasteiger partial charge in [-0.3, -0.25) is 14.8 Å². The Morgan fingerprint density at radius 2 is 2.04 bits per heavy atom.